The third-order valence-electron chi connectivity index (χ3n) is 3.97. The Hall–Kier alpha value is -2.02. The molecule has 1 atom stereocenters. The summed E-state index contributed by atoms with van der Waals surface area (Å²) >= 11 is 1.16. The highest BCUT2D eigenvalue weighted by Gasteiger charge is 2.23. The monoisotopic (exact) mass is 348 g/mol. The largest absolute Gasteiger partial charge is 0.452 e. The molecule has 1 fully saturated rings. The number of oxazole rings is 1. The first-order chi connectivity index (χ1) is 11.6. The number of ether oxygens (including phenoxy) is 1. The summed E-state index contributed by atoms with van der Waals surface area (Å²) in [5.74, 6) is -0.646. The zero-order valence-corrected chi connectivity index (χ0v) is 14.3. The second-order valence-electron chi connectivity index (χ2n) is 5.86. The van der Waals surface area contributed by atoms with Gasteiger partial charge < -0.3 is 14.5 Å². The lowest BCUT2D eigenvalue weighted by atomic mass is 10.2. The first kappa shape index (κ1) is 16.8. The van der Waals surface area contributed by atoms with E-state index in [1.807, 2.05) is 24.3 Å². The fourth-order valence-electron chi connectivity index (χ4n) is 2.71. The van der Waals surface area contributed by atoms with Gasteiger partial charge in [-0.15, -0.1) is 0 Å². The second-order valence-corrected chi connectivity index (χ2v) is 6.78. The first-order valence-electron chi connectivity index (χ1n) is 8.10. The Balaban J connectivity index is 1.45. The Morgan fingerprint density at radius 1 is 1.38 bits per heavy atom. The standard InChI is InChI=1S/C17H20N2O4S/c1-11(16(21)18-12-6-2-3-7-12)22-15(20)10-24-17-19-13-8-4-5-9-14(13)23-17/h4-5,8-9,11-12H,2-3,6-7,10H2,1H3,(H,18,21)/t11-/m0/s1. The SMILES string of the molecule is C[C@H](OC(=O)CSc1nc2ccccc2o1)C(=O)NC1CCCC1. The van der Waals surface area contributed by atoms with Crippen LogP contribution in [0.3, 0.4) is 0 Å². The molecule has 1 aliphatic carbocycles. The van der Waals surface area contributed by atoms with E-state index >= 15 is 0 Å². The molecule has 2 aromatic rings. The summed E-state index contributed by atoms with van der Waals surface area (Å²) in [7, 11) is 0. The van der Waals surface area contributed by atoms with Crippen LogP contribution in [0.2, 0.25) is 0 Å². The zero-order chi connectivity index (χ0) is 16.9. The molecule has 24 heavy (non-hydrogen) atoms. The Labute approximate surface area is 144 Å². The average molecular weight is 348 g/mol. The predicted molar refractivity (Wildman–Crippen MR) is 90.7 cm³/mol. The minimum Gasteiger partial charge on any atom is -0.452 e. The molecule has 128 valence electrons. The topological polar surface area (TPSA) is 81.4 Å². The number of para-hydroxylation sites is 2. The van der Waals surface area contributed by atoms with Crippen molar-refractivity contribution in [1.29, 1.82) is 0 Å². The van der Waals surface area contributed by atoms with Gasteiger partial charge in [0, 0.05) is 6.04 Å². The summed E-state index contributed by atoms with van der Waals surface area (Å²) in [6, 6.07) is 7.61. The molecule has 0 unspecified atom stereocenters. The summed E-state index contributed by atoms with van der Waals surface area (Å²) in [5.41, 5.74) is 1.43. The molecular formula is C17H20N2O4S. The third kappa shape index (κ3) is 4.29. The third-order valence-corrected chi connectivity index (χ3v) is 4.77. The fourth-order valence-corrected chi connectivity index (χ4v) is 3.33. The number of carbonyl (C=O) groups is 2. The smallest absolute Gasteiger partial charge is 0.317 e. The van der Waals surface area contributed by atoms with Gasteiger partial charge in [-0.05, 0) is 31.9 Å². The van der Waals surface area contributed by atoms with Gasteiger partial charge in [-0.1, -0.05) is 36.7 Å². The quantitative estimate of drug-likeness (QED) is 0.638. The molecular weight excluding hydrogens is 328 g/mol. The number of esters is 1. The van der Waals surface area contributed by atoms with Gasteiger partial charge in [-0.2, -0.15) is 0 Å². The molecule has 1 heterocycles. The maximum absolute atomic E-state index is 12.0. The van der Waals surface area contributed by atoms with Crippen LogP contribution >= 0.6 is 11.8 Å². The lowest BCUT2D eigenvalue weighted by Crippen LogP contribution is -2.41. The number of hydrogen-bond acceptors (Lipinski definition) is 6. The number of fused-ring (bicyclic) bond motifs is 1. The maximum atomic E-state index is 12.0. The van der Waals surface area contributed by atoms with E-state index in [4.69, 9.17) is 9.15 Å². The van der Waals surface area contributed by atoms with Crippen LogP contribution < -0.4 is 5.32 Å². The van der Waals surface area contributed by atoms with Crippen molar-refractivity contribution in [3.8, 4) is 0 Å². The van der Waals surface area contributed by atoms with Crippen LogP contribution in [0.25, 0.3) is 11.1 Å². The molecule has 6 nitrogen and oxygen atoms in total. The molecule has 0 radical (unpaired) electrons. The molecule has 1 amide bonds. The number of benzene rings is 1. The number of carbonyl (C=O) groups excluding carboxylic acids is 2. The van der Waals surface area contributed by atoms with Gasteiger partial charge in [0.2, 0.25) is 0 Å². The zero-order valence-electron chi connectivity index (χ0n) is 13.5. The Morgan fingerprint density at radius 3 is 2.88 bits per heavy atom. The molecule has 1 saturated carbocycles. The van der Waals surface area contributed by atoms with Crippen molar-refractivity contribution in [3.63, 3.8) is 0 Å². The van der Waals surface area contributed by atoms with Gasteiger partial charge in [0.1, 0.15) is 11.3 Å². The molecule has 0 spiro atoms. The Bertz CT molecular complexity index is 691. The maximum Gasteiger partial charge on any atom is 0.317 e. The molecule has 7 heteroatoms. The molecule has 0 saturated heterocycles. The minimum atomic E-state index is -0.790. The number of nitrogens with one attached hydrogen (secondary N) is 1. The van der Waals surface area contributed by atoms with Crippen molar-refractivity contribution < 1.29 is 18.7 Å². The van der Waals surface area contributed by atoms with Gasteiger partial charge in [-0.3, -0.25) is 9.59 Å². The fraction of sp³-hybridized carbons (Fsp3) is 0.471. The van der Waals surface area contributed by atoms with Crippen LogP contribution in [-0.4, -0.2) is 34.8 Å². The van der Waals surface area contributed by atoms with Crippen LogP contribution in [0.5, 0.6) is 0 Å². The van der Waals surface area contributed by atoms with E-state index in [0.29, 0.717) is 10.8 Å². The molecule has 3 rings (SSSR count). The highest BCUT2D eigenvalue weighted by Crippen LogP contribution is 2.23. The lowest BCUT2D eigenvalue weighted by molar-refractivity contribution is -0.152. The van der Waals surface area contributed by atoms with Crippen LogP contribution in [0.4, 0.5) is 0 Å². The Kier molecular flexibility index (Phi) is 5.40. The number of amides is 1. The molecule has 1 aromatic carbocycles. The highest BCUT2D eigenvalue weighted by atomic mass is 32.2. The molecule has 1 N–H and O–H groups in total. The number of thioether (sulfide) groups is 1. The van der Waals surface area contributed by atoms with E-state index < -0.39 is 12.1 Å². The van der Waals surface area contributed by atoms with Crippen molar-refractivity contribution in [2.45, 2.75) is 50.0 Å². The van der Waals surface area contributed by atoms with Gasteiger partial charge in [0.05, 0.1) is 0 Å². The number of hydrogen-bond donors (Lipinski definition) is 1. The van der Waals surface area contributed by atoms with Crippen LogP contribution in [0.1, 0.15) is 32.6 Å². The van der Waals surface area contributed by atoms with Gasteiger partial charge >= 0.3 is 5.97 Å². The van der Waals surface area contributed by atoms with Crippen molar-refractivity contribution in [1.82, 2.24) is 10.3 Å². The van der Waals surface area contributed by atoms with Gasteiger partial charge in [0.15, 0.2) is 11.7 Å². The summed E-state index contributed by atoms with van der Waals surface area (Å²) in [5, 5.41) is 3.33. The summed E-state index contributed by atoms with van der Waals surface area (Å²) in [4.78, 5) is 28.2. The number of nitrogens with zero attached hydrogens (tertiary/aromatic N) is 1. The van der Waals surface area contributed by atoms with Crippen molar-refractivity contribution in [2.75, 3.05) is 5.75 Å². The van der Waals surface area contributed by atoms with E-state index in [1.54, 1.807) is 6.92 Å². The number of rotatable bonds is 6. The highest BCUT2D eigenvalue weighted by molar-refractivity contribution is 7.99. The van der Waals surface area contributed by atoms with E-state index in [9.17, 15) is 9.59 Å². The summed E-state index contributed by atoms with van der Waals surface area (Å²) in [6.07, 6.45) is 3.49. The average Bonchev–Trinajstić information content (AvgIpc) is 3.21. The normalized spacial score (nSPS) is 16.2. The molecule has 0 bridgehead atoms. The van der Waals surface area contributed by atoms with Crippen molar-refractivity contribution in [3.05, 3.63) is 24.3 Å². The van der Waals surface area contributed by atoms with E-state index in [-0.39, 0.29) is 17.7 Å². The predicted octanol–water partition coefficient (Wildman–Crippen LogP) is 2.91. The van der Waals surface area contributed by atoms with Crippen LogP contribution in [0.15, 0.2) is 33.9 Å². The molecule has 1 aliphatic rings. The Morgan fingerprint density at radius 2 is 2.12 bits per heavy atom. The van der Waals surface area contributed by atoms with Crippen molar-refractivity contribution >= 4 is 34.7 Å². The summed E-state index contributed by atoms with van der Waals surface area (Å²) < 4.78 is 10.7. The van der Waals surface area contributed by atoms with E-state index in [0.717, 1.165) is 43.0 Å². The van der Waals surface area contributed by atoms with Crippen LogP contribution in [-0.2, 0) is 14.3 Å². The van der Waals surface area contributed by atoms with E-state index in [1.165, 1.54) is 0 Å². The minimum absolute atomic E-state index is 0.0495. The first-order valence-corrected chi connectivity index (χ1v) is 9.08. The summed E-state index contributed by atoms with van der Waals surface area (Å²) in [6.45, 7) is 1.59. The van der Waals surface area contributed by atoms with Gasteiger partial charge in [-0.25, -0.2) is 4.98 Å². The lowest BCUT2D eigenvalue weighted by Gasteiger charge is -2.16. The second kappa shape index (κ2) is 7.70. The van der Waals surface area contributed by atoms with Gasteiger partial charge in [0.25, 0.3) is 11.1 Å². The molecule has 1 aromatic heterocycles. The van der Waals surface area contributed by atoms with Crippen LogP contribution in [0, 0.1) is 0 Å². The van der Waals surface area contributed by atoms with Crippen molar-refractivity contribution in [2.24, 2.45) is 0 Å². The number of aromatic nitrogens is 1. The van der Waals surface area contributed by atoms with E-state index in [2.05, 4.69) is 10.3 Å². The molecule has 0 aliphatic heterocycles.